The lowest BCUT2D eigenvalue weighted by Crippen LogP contribution is -2.25. The van der Waals surface area contributed by atoms with E-state index < -0.39 is 17.5 Å². The van der Waals surface area contributed by atoms with Crippen molar-refractivity contribution in [2.45, 2.75) is 13.0 Å². The third kappa shape index (κ3) is 4.16. The number of nitrogens with zero attached hydrogens (tertiary/aromatic N) is 2. The van der Waals surface area contributed by atoms with Crippen LogP contribution in [0.5, 0.6) is 11.6 Å². The van der Waals surface area contributed by atoms with E-state index in [9.17, 15) is 15.0 Å². The number of benzene rings is 2. The summed E-state index contributed by atoms with van der Waals surface area (Å²) in [5.41, 5.74) is 4.02. The van der Waals surface area contributed by atoms with Gasteiger partial charge in [0.2, 0.25) is 5.75 Å². The van der Waals surface area contributed by atoms with E-state index in [1.165, 1.54) is 22.3 Å². The number of carbonyl (C=O) groups is 1. The van der Waals surface area contributed by atoms with E-state index in [1.807, 2.05) is 60.1 Å². The second-order valence-corrected chi connectivity index (χ2v) is 8.48. The zero-order valence-electron chi connectivity index (χ0n) is 17.4. The Morgan fingerprint density at radius 2 is 1.73 bits per heavy atom. The second kappa shape index (κ2) is 8.76. The molecule has 4 N–H and O–H groups in total. The van der Waals surface area contributed by atoms with E-state index in [4.69, 9.17) is 0 Å². The maximum Gasteiger partial charge on any atom is 0.274 e. The molecule has 2 aromatic carbocycles. The molecule has 164 valence electrons. The Morgan fingerprint density at radius 1 is 0.939 bits per heavy atom. The lowest BCUT2D eigenvalue weighted by Gasteiger charge is -2.12. The van der Waals surface area contributed by atoms with Gasteiger partial charge in [0, 0.05) is 23.6 Å². The van der Waals surface area contributed by atoms with Gasteiger partial charge in [0.1, 0.15) is 0 Å². The highest BCUT2D eigenvalue weighted by Gasteiger charge is 2.21. The van der Waals surface area contributed by atoms with Crippen LogP contribution in [0.25, 0.3) is 21.6 Å². The number of aromatic amines is 1. The van der Waals surface area contributed by atoms with E-state index in [2.05, 4.69) is 26.3 Å². The number of nitrogens with one attached hydrogen (secondary N) is 2. The number of H-pyrrole nitrogens is 1. The van der Waals surface area contributed by atoms with Crippen molar-refractivity contribution >= 4 is 28.1 Å². The van der Waals surface area contributed by atoms with E-state index in [0.29, 0.717) is 11.3 Å². The monoisotopic (exact) mass is 456 g/mol. The smallest absolute Gasteiger partial charge is 0.274 e. The number of rotatable bonds is 6. The lowest BCUT2D eigenvalue weighted by molar-refractivity contribution is 0.0941. The van der Waals surface area contributed by atoms with Gasteiger partial charge in [0.15, 0.2) is 11.5 Å². The van der Waals surface area contributed by atoms with Crippen molar-refractivity contribution in [1.29, 1.82) is 0 Å². The molecule has 0 unspecified atom stereocenters. The summed E-state index contributed by atoms with van der Waals surface area (Å²) in [5.74, 6) is -1.67. The number of hydrogen-bond donors (Lipinski definition) is 4. The molecule has 0 radical (unpaired) electrons. The quantitative estimate of drug-likeness (QED) is 0.298. The van der Waals surface area contributed by atoms with Gasteiger partial charge in [-0.15, -0.1) is 11.3 Å². The van der Waals surface area contributed by atoms with Gasteiger partial charge in [-0.25, -0.2) is 4.98 Å². The molecule has 0 aliphatic heterocycles. The van der Waals surface area contributed by atoms with Gasteiger partial charge in [-0.2, -0.15) is 4.98 Å². The maximum atomic E-state index is 12.8. The second-order valence-electron chi connectivity index (χ2n) is 7.53. The number of amides is 1. The first-order chi connectivity index (χ1) is 16.1. The van der Waals surface area contributed by atoms with Crippen LogP contribution in [-0.4, -0.2) is 31.1 Å². The van der Waals surface area contributed by atoms with Crippen LogP contribution >= 0.6 is 11.3 Å². The molecule has 5 rings (SSSR count). The fraction of sp³-hybridized carbons (Fsp3) is 0.0800. The first kappa shape index (κ1) is 20.7. The Labute approximate surface area is 193 Å². The minimum absolute atomic E-state index is 0.185. The summed E-state index contributed by atoms with van der Waals surface area (Å²) in [6.07, 6.45) is 2.71. The Bertz CT molecular complexity index is 1440. The number of para-hydroxylation sites is 1. The van der Waals surface area contributed by atoms with Gasteiger partial charge >= 0.3 is 0 Å². The van der Waals surface area contributed by atoms with Gasteiger partial charge < -0.3 is 20.5 Å². The molecule has 1 amide bonds. The van der Waals surface area contributed by atoms with Crippen molar-refractivity contribution in [2.24, 2.45) is 0 Å². The van der Waals surface area contributed by atoms with E-state index in [1.54, 1.807) is 6.07 Å². The van der Waals surface area contributed by atoms with Gasteiger partial charge in [-0.1, -0.05) is 48.5 Å². The highest BCUT2D eigenvalue weighted by Crippen LogP contribution is 2.30. The molecular formula is C25H20N4O3S. The largest absolute Gasteiger partial charge is 0.501 e. The molecular weight excluding hydrogens is 436 g/mol. The van der Waals surface area contributed by atoms with Gasteiger partial charge in [-0.3, -0.25) is 4.79 Å². The van der Waals surface area contributed by atoms with Crippen LogP contribution in [0, 0.1) is 0 Å². The van der Waals surface area contributed by atoms with Crippen molar-refractivity contribution in [1.82, 2.24) is 20.3 Å². The highest BCUT2D eigenvalue weighted by atomic mass is 32.1. The minimum Gasteiger partial charge on any atom is -0.501 e. The molecule has 7 nitrogen and oxygen atoms in total. The van der Waals surface area contributed by atoms with E-state index >= 15 is 0 Å². The lowest BCUT2D eigenvalue weighted by atomic mass is 9.99. The van der Waals surface area contributed by atoms with Crippen LogP contribution in [-0.2, 0) is 13.0 Å². The third-order valence-electron chi connectivity index (χ3n) is 5.44. The number of hydrogen-bond acceptors (Lipinski definition) is 6. The Balaban J connectivity index is 1.37. The van der Waals surface area contributed by atoms with Crippen LogP contribution in [0.15, 0.2) is 72.2 Å². The first-order valence-corrected chi connectivity index (χ1v) is 11.2. The van der Waals surface area contributed by atoms with Gasteiger partial charge in [-0.05, 0) is 40.6 Å². The Hall–Kier alpha value is -4.17. The zero-order valence-corrected chi connectivity index (χ0v) is 18.3. The molecule has 0 fully saturated rings. The summed E-state index contributed by atoms with van der Waals surface area (Å²) in [5, 5.41) is 26.0. The molecule has 0 aliphatic rings. The summed E-state index contributed by atoms with van der Waals surface area (Å²) >= 11 is 1.37. The summed E-state index contributed by atoms with van der Waals surface area (Å²) in [6, 6.07) is 19.6. The number of thiophene rings is 1. The first-order valence-electron chi connectivity index (χ1n) is 10.3. The fourth-order valence-electron chi connectivity index (χ4n) is 3.76. The molecule has 0 atom stereocenters. The molecule has 3 heterocycles. The molecule has 0 bridgehead atoms. The standard InChI is InChI=1S/C25H20N4O3S/c30-22-21(28-23(29-25(22)32)20-10-5-11-33-20)24(31)27-13-16-7-2-1-6-15(16)12-17-14-26-19-9-4-3-8-18(17)19/h1-11,14,26,30H,12-13H2,(H,27,31)(H,28,29,32). The molecule has 3 aromatic heterocycles. The molecule has 0 spiro atoms. The number of carbonyl (C=O) groups excluding carboxylic acids is 1. The average Bonchev–Trinajstić information content (AvgIpc) is 3.51. The highest BCUT2D eigenvalue weighted by molar-refractivity contribution is 7.13. The molecule has 0 saturated heterocycles. The van der Waals surface area contributed by atoms with Crippen LogP contribution in [0.4, 0.5) is 0 Å². The summed E-state index contributed by atoms with van der Waals surface area (Å²) in [7, 11) is 0. The van der Waals surface area contributed by atoms with Crippen LogP contribution in [0.3, 0.4) is 0 Å². The molecule has 0 saturated carbocycles. The van der Waals surface area contributed by atoms with Crippen molar-refractivity contribution in [3.63, 3.8) is 0 Å². The number of aromatic hydroxyl groups is 2. The molecule has 0 aliphatic carbocycles. The predicted octanol–water partition coefficient (Wildman–Crippen LogP) is 4.62. The minimum atomic E-state index is -0.639. The Kier molecular flexibility index (Phi) is 5.50. The normalized spacial score (nSPS) is 11.0. The molecule has 5 aromatic rings. The molecule has 8 heteroatoms. The van der Waals surface area contributed by atoms with Crippen LogP contribution < -0.4 is 5.32 Å². The predicted molar refractivity (Wildman–Crippen MR) is 127 cm³/mol. The summed E-state index contributed by atoms with van der Waals surface area (Å²) in [4.78, 5) is 24.9. The summed E-state index contributed by atoms with van der Waals surface area (Å²) < 4.78 is 0. The van der Waals surface area contributed by atoms with Crippen LogP contribution in [0.1, 0.15) is 27.2 Å². The summed E-state index contributed by atoms with van der Waals surface area (Å²) in [6.45, 7) is 0.246. The Morgan fingerprint density at radius 3 is 2.55 bits per heavy atom. The van der Waals surface area contributed by atoms with Crippen molar-refractivity contribution in [3.8, 4) is 22.3 Å². The van der Waals surface area contributed by atoms with E-state index in [-0.39, 0.29) is 18.1 Å². The van der Waals surface area contributed by atoms with Crippen LogP contribution in [0.2, 0.25) is 0 Å². The van der Waals surface area contributed by atoms with E-state index in [0.717, 1.165) is 16.6 Å². The number of aromatic nitrogens is 3. The van der Waals surface area contributed by atoms with Gasteiger partial charge in [0.05, 0.1) is 4.88 Å². The average molecular weight is 457 g/mol. The van der Waals surface area contributed by atoms with Crippen molar-refractivity contribution in [2.75, 3.05) is 0 Å². The van der Waals surface area contributed by atoms with Gasteiger partial charge in [0.25, 0.3) is 11.8 Å². The third-order valence-corrected chi connectivity index (χ3v) is 6.30. The van der Waals surface area contributed by atoms with Crippen molar-refractivity contribution in [3.05, 3.63) is 94.6 Å². The number of fused-ring (bicyclic) bond motifs is 1. The SMILES string of the molecule is O=C(NCc1ccccc1Cc1c[nH]c2ccccc12)c1nc(-c2cccs2)nc(O)c1O. The molecule has 33 heavy (non-hydrogen) atoms. The maximum absolute atomic E-state index is 12.8. The fourth-order valence-corrected chi connectivity index (χ4v) is 4.42. The topological polar surface area (TPSA) is 111 Å². The zero-order chi connectivity index (χ0) is 22.8. The van der Waals surface area contributed by atoms with Crippen molar-refractivity contribution < 1.29 is 15.0 Å².